The predicted molar refractivity (Wildman–Crippen MR) is 124 cm³/mol. The minimum absolute atomic E-state index is 0.284. The lowest BCUT2D eigenvalue weighted by atomic mass is 9.85. The van der Waals surface area contributed by atoms with Crippen LogP contribution < -0.4 is 16.8 Å². The Hall–Kier alpha value is -2.69. The summed E-state index contributed by atoms with van der Waals surface area (Å²) in [5.41, 5.74) is 15.3. The van der Waals surface area contributed by atoms with Crippen LogP contribution in [-0.4, -0.2) is 46.5 Å². The summed E-state index contributed by atoms with van der Waals surface area (Å²) in [7, 11) is -3.43. The first-order valence-corrected chi connectivity index (χ1v) is 12.6. The maximum atomic E-state index is 12.8. The van der Waals surface area contributed by atoms with E-state index in [0.29, 0.717) is 35.4 Å². The van der Waals surface area contributed by atoms with Gasteiger partial charge in [0.15, 0.2) is 5.65 Å². The van der Waals surface area contributed by atoms with Gasteiger partial charge in [-0.2, -0.15) is 4.31 Å². The van der Waals surface area contributed by atoms with Crippen LogP contribution in [0.4, 0.5) is 17.2 Å². The molecule has 1 saturated carbocycles. The molecule has 2 fully saturated rings. The number of rotatable bonds is 5. The van der Waals surface area contributed by atoms with Gasteiger partial charge in [0.05, 0.1) is 22.5 Å². The molecule has 32 heavy (non-hydrogen) atoms. The Bertz CT molecular complexity index is 1210. The second-order valence-electron chi connectivity index (χ2n) is 8.79. The number of hydrogen-bond acceptors (Lipinski definition) is 7. The molecule has 1 aliphatic heterocycles. The third kappa shape index (κ3) is 4.05. The molecule has 0 unspecified atom stereocenters. The first kappa shape index (κ1) is 21.2. The first-order chi connectivity index (χ1) is 15.4. The number of nitrogen functional groups attached to an aromatic ring is 1. The molecule has 2 aliphatic rings. The molecule has 10 heteroatoms. The predicted octanol–water partition coefficient (Wildman–Crippen LogP) is 2.82. The van der Waals surface area contributed by atoms with Crippen molar-refractivity contribution >= 4 is 32.9 Å². The van der Waals surface area contributed by atoms with Crippen LogP contribution in [0.15, 0.2) is 41.4 Å². The van der Waals surface area contributed by atoms with Gasteiger partial charge in [-0.3, -0.25) is 0 Å². The lowest BCUT2D eigenvalue weighted by Crippen LogP contribution is -2.27. The van der Waals surface area contributed by atoms with E-state index < -0.39 is 10.0 Å². The zero-order chi connectivity index (χ0) is 22.3. The van der Waals surface area contributed by atoms with Gasteiger partial charge in [-0.25, -0.2) is 17.9 Å². The van der Waals surface area contributed by atoms with Gasteiger partial charge < -0.3 is 16.8 Å². The van der Waals surface area contributed by atoms with Crippen molar-refractivity contribution in [3.63, 3.8) is 0 Å². The standard InChI is InChI=1S/C22H29N7O2S/c23-16-5-3-15(4-6-16)20-14-29-22(26-20)19(13-21(24)27-29)25-17-7-9-18(10-8-17)32(30,31)28-11-1-2-12-28/h7-10,13-16,25H,1-6,11-12,23H2,(H2,24,27)/t15-,16-. The fourth-order valence-electron chi connectivity index (χ4n) is 4.66. The third-order valence-electron chi connectivity index (χ3n) is 6.49. The highest BCUT2D eigenvalue weighted by Crippen LogP contribution is 2.33. The highest BCUT2D eigenvalue weighted by molar-refractivity contribution is 7.89. The van der Waals surface area contributed by atoms with Gasteiger partial charge in [0.25, 0.3) is 0 Å². The normalized spacial score (nSPS) is 22.4. The molecule has 5 N–H and O–H groups in total. The summed E-state index contributed by atoms with van der Waals surface area (Å²) in [6.45, 7) is 1.18. The van der Waals surface area contributed by atoms with E-state index in [2.05, 4.69) is 10.4 Å². The number of anilines is 3. The number of nitrogens with zero attached hydrogens (tertiary/aromatic N) is 4. The minimum atomic E-state index is -3.43. The molecule has 170 valence electrons. The van der Waals surface area contributed by atoms with Crippen LogP contribution in [0.5, 0.6) is 0 Å². The molecule has 9 nitrogen and oxygen atoms in total. The summed E-state index contributed by atoms with van der Waals surface area (Å²) < 4.78 is 28.8. The van der Waals surface area contributed by atoms with E-state index in [1.165, 1.54) is 0 Å². The summed E-state index contributed by atoms with van der Waals surface area (Å²) in [5.74, 6) is 0.753. The van der Waals surface area contributed by atoms with E-state index in [-0.39, 0.29) is 6.04 Å². The molecule has 1 aliphatic carbocycles. The molecule has 1 saturated heterocycles. The Kier molecular flexibility index (Phi) is 5.52. The van der Waals surface area contributed by atoms with Crippen molar-refractivity contribution in [1.29, 1.82) is 0 Å². The van der Waals surface area contributed by atoms with Crippen LogP contribution in [-0.2, 0) is 10.0 Å². The van der Waals surface area contributed by atoms with Gasteiger partial charge in [0.2, 0.25) is 10.0 Å². The lowest BCUT2D eigenvalue weighted by molar-refractivity contribution is 0.391. The number of aromatic nitrogens is 3. The van der Waals surface area contributed by atoms with Crippen LogP contribution in [0.1, 0.15) is 50.1 Å². The van der Waals surface area contributed by atoms with Crippen molar-refractivity contribution < 1.29 is 8.42 Å². The van der Waals surface area contributed by atoms with Gasteiger partial charge in [0, 0.05) is 36.8 Å². The molecule has 0 atom stereocenters. The second-order valence-corrected chi connectivity index (χ2v) is 10.7. The quantitative estimate of drug-likeness (QED) is 0.539. The molecule has 3 aromatic rings. The Morgan fingerprint density at radius 2 is 1.72 bits per heavy atom. The van der Waals surface area contributed by atoms with Crippen LogP contribution in [0, 0.1) is 0 Å². The summed E-state index contributed by atoms with van der Waals surface area (Å²) >= 11 is 0. The van der Waals surface area contributed by atoms with E-state index in [9.17, 15) is 8.42 Å². The maximum absolute atomic E-state index is 12.8. The Balaban J connectivity index is 1.40. The van der Waals surface area contributed by atoms with Crippen molar-refractivity contribution in [2.75, 3.05) is 24.1 Å². The van der Waals surface area contributed by atoms with Crippen molar-refractivity contribution in [1.82, 2.24) is 18.9 Å². The van der Waals surface area contributed by atoms with Gasteiger partial charge in [0.1, 0.15) is 5.82 Å². The van der Waals surface area contributed by atoms with Gasteiger partial charge in [-0.1, -0.05) is 0 Å². The Morgan fingerprint density at radius 1 is 1.03 bits per heavy atom. The van der Waals surface area contributed by atoms with Crippen LogP contribution >= 0.6 is 0 Å². The number of nitrogens with one attached hydrogen (secondary N) is 1. The van der Waals surface area contributed by atoms with Gasteiger partial charge in [-0.15, -0.1) is 5.10 Å². The van der Waals surface area contributed by atoms with E-state index in [1.807, 2.05) is 6.20 Å². The fraction of sp³-hybridized carbons (Fsp3) is 0.455. The number of benzene rings is 1. The topological polar surface area (TPSA) is 132 Å². The van der Waals surface area contributed by atoms with Gasteiger partial charge in [-0.05, 0) is 62.8 Å². The molecule has 1 aromatic carbocycles. The van der Waals surface area contributed by atoms with Crippen molar-refractivity contribution in [3.8, 4) is 0 Å². The van der Waals surface area contributed by atoms with Crippen LogP contribution in [0.25, 0.3) is 5.65 Å². The number of hydrogen-bond donors (Lipinski definition) is 3. The van der Waals surface area contributed by atoms with E-state index in [1.54, 1.807) is 39.2 Å². The number of sulfonamides is 1. The molecule has 3 heterocycles. The van der Waals surface area contributed by atoms with Crippen LogP contribution in [0.3, 0.4) is 0 Å². The highest BCUT2D eigenvalue weighted by atomic mass is 32.2. The molecule has 0 bridgehead atoms. The van der Waals surface area contributed by atoms with Crippen LogP contribution in [0.2, 0.25) is 0 Å². The average molecular weight is 456 g/mol. The molecule has 2 aromatic heterocycles. The first-order valence-electron chi connectivity index (χ1n) is 11.2. The number of imidazole rings is 1. The zero-order valence-electron chi connectivity index (χ0n) is 17.9. The summed E-state index contributed by atoms with van der Waals surface area (Å²) in [4.78, 5) is 5.16. The smallest absolute Gasteiger partial charge is 0.243 e. The van der Waals surface area contributed by atoms with Crippen molar-refractivity contribution in [2.45, 2.75) is 55.4 Å². The second kappa shape index (κ2) is 8.34. The fourth-order valence-corrected chi connectivity index (χ4v) is 6.18. The molecule has 0 radical (unpaired) electrons. The molecule has 5 rings (SSSR count). The molecule has 0 amide bonds. The zero-order valence-corrected chi connectivity index (χ0v) is 18.8. The Labute approximate surface area is 187 Å². The number of nitrogens with two attached hydrogens (primary N) is 2. The molecular weight excluding hydrogens is 426 g/mol. The highest BCUT2D eigenvalue weighted by Gasteiger charge is 2.27. The Morgan fingerprint density at radius 3 is 2.41 bits per heavy atom. The van der Waals surface area contributed by atoms with E-state index >= 15 is 0 Å². The van der Waals surface area contributed by atoms with E-state index in [4.69, 9.17) is 16.5 Å². The molecular formula is C22H29N7O2S. The monoisotopic (exact) mass is 455 g/mol. The lowest BCUT2D eigenvalue weighted by Gasteiger charge is -2.24. The van der Waals surface area contributed by atoms with Gasteiger partial charge >= 0.3 is 0 Å². The SMILES string of the molecule is Nc1cc(Nc2ccc(S(=O)(=O)N3CCCC3)cc2)c2nc([C@H]3CC[C@H](N)CC3)cn2n1. The summed E-state index contributed by atoms with van der Waals surface area (Å²) in [6, 6.07) is 8.84. The number of fused-ring (bicyclic) bond motifs is 1. The van der Waals surface area contributed by atoms with Crippen molar-refractivity contribution in [3.05, 3.63) is 42.2 Å². The largest absolute Gasteiger partial charge is 0.382 e. The third-order valence-corrected chi connectivity index (χ3v) is 8.40. The summed E-state index contributed by atoms with van der Waals surface area (Å²) in [6.07, 6.45) is 7.84. The minimum Gasteiger partial charge on any atom is -0.382 e. The van der Waals surface area contributed by atoms with E-state index in [0.717, 1.165) is 55.6 Å². The van der Waals surface area contributed by atoms with Crippen molar-refractivity contribution in [2.24, 2.45) is 5.73 Å². The molecule has 0 spiro atoms. The maximum Gasteiger partial charge on any atom is 0.243 e. The average Bonchev–Trinajstić information content (AvgIpc) is 3.45. The summed E-state index contributed by atoms with van der Waals surface area (Å²) in [5, 5.41) is 7.71.